The van der Waals surface area contributed by atoms with Crippen LogP contribution in [0, 0.1) is 11.7 Å². The van der Waals surface area contributed by atoms with Gasteiger partial charge < -0.3 is 10.1 Å². The number of hydrogen-bond donors (Lipinski definition) is 1. The van der Waals surface area contributed by atoms with E-state index >= 15 is 0 Å². The first-order valence-electron chi connectivity index (χ1n) is 7.15. The third kappa shape index (κ3) is 6.55. The number of nitrogens with one attached hydrogen (secondary N) is 1. The maximum atomic E-state index is 13.3. The number of para-hydroxylation sites is 1. The Hall–Kier alpha value is -1.58. The highest BCUT2D eigenvalue weighted by molar-refractivity contribution is 5.76. The Labute approximate surface area is 120 Å². The minimum Gasteiger partial charge on any atom is -0.490 e. The van der Waals surface area contributed by atoms with Gasteiger partial charge in [0.2, 0.25) is 5.91 Å². The van der Waals surface area contributed by atoms with Gasteiger partial charge in [-0.2, -0.15) is 0 Å². The standard InChI is InChI=1S/C16H24FNO2/c1-12(2)8-9-13(3)18-16(19)10-11-20-15-7-5-4-6-14(15)17/h4-7,12-13H,8-11H2,1-3H3,(H,18,19). The normalized spacial score (nSPS) is 12.2. The fourth-order valence-electron chi connectivity index (χ4n) is 1.82. The average Bonchev–Trinajstić information content (AvgIpc) is 2.38. The molecule has 0 aliphatic heterocycles. The van der Waals surface area contributed by atoms with Crippen molar-refractivity contribution in [1.29, 1.82) is 0 Å². The lowest BCUT2D eigenvalue weighted by Crippen LogP contribution is -2.33. The number of carbonyl (C=O) groups excluding carboxylic acids is 1. The lowest BCUT2D eigenvalue weighted by atomic mass is 10.0. The van der Waals surface area contributed by atoms with Crippen LogP contribution in [0.4, 0.5) is 4.39 Å². The number of benzene rings is 1. The third-order valence-electron chi connectivity index (χ3n) is 3.01. The Morgan fingerprint density at radius 3 is 2.60 bits per heavy atom. The maximum Gasteiger partial charge on any atom is 0.223 e. The number of rotatable bonds is 8. The smallest absolute Gasteiger partial charge is 0.223 e. The summed E-state index contributed by atoms with van der Waals surface area (Å²) in [6.07, 6.45) is 2.30. The van der Waals surface area contributed by atoms with Gasteiger partial charge in [0.1, 0.15) is 0 Å². The summed E-state index contributed by atoms with van der Waals surface area (Å²) in [5.74, 6) is 0.364. The lowest BCUT2D eigenvalue weighted by Gasteiger charge is -2.15. The zero-order valence-electron chi connectivity index (χ0n) is 12.5. The van der Waals surface area contributed by atoms with E-state index in [0.717, 1.165) is 12.8 Å². The molecule has 20 heavy (non-hydrogen) atoms. The minimum atomic E-state index is -0.404. The van der Waals surface area contributed by atoms with Crippen molar-refractivity contribution >= 4 is 5.91 Å². The molecule has 1 aromatic carbocycles. The molecule has 1 atom stereocenters. The highest BCUT2D eigenvalue weighted by Crippen LogP contribution is 2.15. The van der Waals surface area contributed by atoms with Crippen molar-refractivity contribution in [3.8, 4) is 5.75 Å². The predicted molar refractivity (Wildman–Crippen MR) is 78.2 cm³/mol. The van der Waals surface area contributed by atoms with Crippen molar-refractivity contribution in [2.75, 3.05) is 6.61 Å². The minimum absolute atomic E-state index is 0.0578. The molecule has 1 amide bonds. The van der Waals surface area contributed by atoms with E-state index in [9.17, 15) is 9.18 Å². The molecule has 1 N–H and O–H groups in total. The summed E-state index contributed by atoms with van der Waals surface area (Å²) in [4.78, 5) is 11.7. The van der Waals surface area contributed by atoms with Crippen LogP contribution in [0.1, 0.15) is 40.0 Å². The Balaban J connectivity index is 2.22. The molecule has 0 spiro atoms. The topological polar surface area (TPSA) is 38.3 Å². The molecule has 0 saturated heterocycles. The molecule has 0 aliphatic rings. The molecular weight excluding hydrogens is 257 g/mol. The molecule has 0 saturated carbocycles. The second kappa shape index (κ2) is 8.56. The summed E-state index contributed by atoms with van der Waals surface area (Å²) >= 11 is 0. The first-order valence-corrected chi connectivity index (χ1v) is 7.15. The van der Waals surface area contributed by atoms with Crippen molar-refractivity contribution in [2.45, 2.75) is 46.1 Å². The Kier molecular flexibility index (Phi) is 7.05. The SMILES string of the molecule is CC(C)CCC(C)NC(=O)CCOc1ccccc1F. The van der Waals surface area contributed by atoms with Gasteiger partial charge in [-0.15, -0.1) is 0 Å². The van der Waals surface area contributed by atoms with Crippen LogP contribution in [0.15, 0.2) is 24.3 Å². The third-order valence-corrected chi connectivity index (χ3v) is 3.01. The Morgan fingerprint density at radius 1 is 1.25 bits per heavy atom. The van der Waals surface area contributed by atoms with Crippen LogP contribution in [-0.2, 0) is 4.79 Å². The van der Waals surface area contributed by atoms with E-state index in [4.69, 9.17) is 4.74 Å². The van der Waals surface area contributed by atoms with Gasteiger partial charge in [-0.1, -0.05) is 26.0 Å². The quantitative estimate of drug-likeness (QED) is 0.791. The highest BCUT2D eigenvalue weighted by Gasteiger charge is 2.09. The molecule has 0 aromatic heterocycles. The van der Waals surface area contributed by atoms with Gasteiger partial charge in [0.15, 0.2) is 11.6 Å². The predicted octanol–water partition coefficient (Wildman–Crippen LogP) is 3.54. The molecule has 1 aromatic rings. The van der Waals surface area contributed by atoms with Crippen LogP contribution in [0.25, 0.3) is 0 Å². The Morgan fingerprint density at radius 2 is 1.95 bits per heavy atom. The van der Waals surface area contributed by atoms with Crippen LogP contribution < -0.4 is 10.1 Å². The van der Waals surface area contributed by atoms with Crippen molar-refractivity contribution in [1.82, 2.24) is 5.32 Å². The van der Waals surface area contributed by atoms with Gasteiger partial charge in [-0.05, 0) is 37.8 Å². The van der Waals surface area contributed by atoms with Gasteiger partial charge in [0, 0.05) is 6.04 Å². The fourth-order valence-corrected chi connectivity index (χ4v) is 1.82. The molecule has 0 heterocycles. The molecule has 0 radical (unpaired) electrons. The van der Waals surface area contributed by atoms with Gasteiger partial charge >= 0.3 is 0 Å². The van der Waals surface area contributed by atoms with Gasteiger partial charge in [-0.3, -0.25) is 4.79 Å². The molecule has 0 aliphatic carbocycles. The van der Waals surface area contributed by atoms with E-state index in [1.165, 1.54) is 6.07 Å². The van der Waals surface area contributed by atoms with Gasteiger partial charge in [-0.25, -0.2) is 4.39 Å². The van der Waals surface area contributed by atoms with Crippen LogP contribution in [0.2, 0.25) is 0 Å². The fraction of sp³-hybridized carbons (Fsp3) is 0.562. The summed E-state index contributed by atoms with van der Waals surface area (Å²) in [5.41, 5.74) is 0. The number of ether oxygens (including phenoxy) is 1. The molecule has 3 nitrogen and oxygen atoms in total. The number of halogens is 1. The Bertz CT molecular complexity index is 421. The van der Waals surface area contributed by atoms with Crippen LogP contribution >= 0.6 is 0 Å². The summed E-state index contributed by atoms with van der Waals surface area (Å²) < 4.78 is 18.5. The van der Waals surface area contributed by atoms with Gasteiger partial charge in [0.05, 0.1) is 13.0 Å². The van der Waals surface area contributed by atoms with E-state index < -0.39 is 5.82 Å². The highest BCUT2D eigenvalue weighted by atomic mass is 19.1. The average molecular weight is 281 g/mol. The van der Waals surface area contributed by atoms with Crippen molar-refractivity contribution in [3.63, 3.8) is 0 Å². The van der Waals surface area contributed by atoms with Crippen molar-refractivity contribution < 1.29 is 13.9 Å². The van der Waals surface area contributed by atoms with Gasteiger partial charge in [0.25, 0.3) is 0 Å². The van der Waals surface area contributed by atoms with Crippen molar-refractivity contribution in [3.05, 3.63) is 30.1 Å². The van der Waals surface area contributed by atoms with E-state index in [0.29, 0.717) is 5.92 Å². The van der Waals surface area contributed by atoms with Crippen LogP contribution in [0.3, 0.4) is 0 Å². The zero-order chi connectivity index (χ0) is 15.0. The lowest BCUT2D eigenvalue weighted by molar-refractivity contribution is -0.122. The molecule has 1 rings (SSSR count). The monoisotopic (exact) mass is 281 g/mol. The van der Waals surface area contributed by atoms with Crippen LogP contribution in [0.5, 0.6) is 5.75 Å². The largest absolute Gasteiger partial charge is 0.490 e. The number of amides is 1. The summed E-state index contributed by atoms with van der Waals surface area (Å²) in [7, 11) is 0. The molecule has 4 heteroatoms. The summed E-state index contributed by atoms with van der Waals surface area (Å²) in [6.45, 7) is 6.51. The zero-order valence-corrected chi connectivity index (χ0v) is 12.5. The molecule has 112 valence electrons. The second-order valence-electron chi connectivity index (χ2n) is 5.47. The number of carbonyl (C=O) groups is 1. The van der Waals surface area contributed by atoms with E-state index in [-0.39, 0.29) is 30.7 Å². The molecule has 0 bridgehead atoms. The van der Waals surface area contributed by atoms with E-state index in [1.807, 2.05) is 6.92 Å². The molecular formula is C16H24FNO2. The number of hydrogen-bond acceptors (Lipinski definition) is 2. The first kappa shape index (κ1) is 16.5. The molecule has 1 unspecified atom stereocenters. The van der Waals surface area contributed by atoms with Crippen LogP contribution in [-0.4, -0.2) is 18.6 Å². The summed E-state index contributed by atoms with van der Waals surface area (Å²) in [5, 5.41) is 2.92. The van der Waals surface area contributed by atoms with E-state index in [1.54, 1.807) is 18.2 Å². The van der Waals surface area contributed by atoms with E-state index in [2.05, 4.69) is 19.2 Å². The second-order valence-corrected chi connectivity index (χ2v) is 5.47. The van der Waals surface area contributed by atoms with Crippen molar-refractivity contribution in [2.24, 2.45) is 5.92 Å². The molecule has 0 fully saturated rings. The summed E-state index contributed by atoms with van der Waals surface area (Å²) in [6, 6.07) is 6.36. The maximum absolute atomic E-state index is 13.3. The first-order chi connectivity index (χ1) is 9.49.